The van der Waals surface area contributed by atoms with Crippen LogP contribution in [0.4, 0.5) is 5.69 Å². The average molecular weight is 653 g/mol. The third-order valence-electron chi connectivity index (χ3n) is 8.33. The van der Waals surface area contributed by atoms with E-state index in [1.165, 1.54) is 0 Å². The van der Waals surface area contributed by atoms with Crippen molar-refractivity contribution in [2.75, 3.05) is 39.2 Å². The van der Waals surface area contributed by atoms with Crippen molar-refractivity contribution in [2.24, 2.45) is 7.05 Å². The van der Waals surface area contributed by atoms with Crippen LogP contribution in [0.25, 0.3) is 22.5 Å². The fourth-order valence-electron chi connectivity index (χ4n) is 5.81. The first-order chi connectivity index (χ1) is 21.7. The van der Waals surface area contributed by atoms with Gasteiger partial charge in [-0.25, -0.2) is 9.97 Å². The molecule has 0 aliphatic carbocycles. The third-order valence-corrected chi connectivity index (χ3v) is 9.14. The van der Waals surface area contributed by atoms with E-state index >= 15 is 0 Å². The molecule has 13 heteroatoms. The molecule has 4 aromatic rings. The van der Waals surface area contributed by atoms with E-state index in [2.05, 4.69) is 30.5 Å². The summed E-state index contributed by atoms with van der Waals surface area (Å²) in [6.07, 6.45) is 2.66. The molecule has 0 bridgehead atoms. The summed E-state index contributed by atoms with van der Waals surface area (Å²) in [6.45, 7) is 2.95. The number of rotatable bonds is 8. The molecule has 45 heavy (non-hydrogen) atoms. The fraction of sp³-hybridized carbons (Fsp3) is 0.375. The van der Waals surface area contributed by atoms with Crippen LogP contribution in [-0.4, -0.2) is 81.5 Å². The SMILES string of the molecule is COc1nc(-c2cccc(-c3cccc(NC(=O)c4nc5c(n4C)CCN(C)C5)c3Cl)c2Cl)ncc1CN[C@H]1CCOC[C@@H]1O. The monoisotopic (exact) mass is 651 g/mol. The van der Waals surface area contributed by atoms with Gasteiger partial charge in [-0.05, 0) is 25.6 Å². The highest BCUT2D eigenvalue weighted by atomic mass is 35.5. The van der Waals surface area contributed by atoms with E-state index in [9.17, 15) is 9.90 Å². The number of hydrogen-bond donors (Lipinski definition) is 3. The highest BCUT2D eigenvalue weighted by Crippen LogP contribution is 2.41. The van der Waals surface area contributed by atoms with Crippen molar-refractivity contribution in [3.8, 4) is 28.4 Å². The molecule has 2 aliphatic heterocycles. The van der Waals surface area contributed by atoms with Gasteiger partial charge in [-0.3, -0.25) is 4.79 Å². The highest BCUT2D eigenvalue weighted by Gasteiger charge is 2.26. The number of carbonyl (C=O) groups excluding carboxylic acids is 1. The van der Waals surface area contributed by atoms with Crippen LogP contribution in [0.3, 0.4) is 0 Å². The predicted molar refractivity (Wildman–Crippen MR) is 173 cm³/mol. The maximum Gasteiger partial charge on any atom is 0.291 e. The lowest BCUT2D eigenvalue weighted by atomic mass is 10.0. The fourth-order valence-corrected chi connectivity index (χ4v) is 6.40. The van der Waals surface area contributed by atoms with E-state index in [-0.39, 0.29) is 11.9 Å². The van der Waals surface area contributed by atoms with E-state index in [4.69, 9.17) is 32.7 Å². The van der Waals surface area contributed by atoms with Crippen LogP contribution in [0.1, 0.15) is 34.0 Å². The molecule has 1 fully saturated rings. The summed E-state index contributed by atoms with van der Waals surface area (Å²) < 4.78 is 12.8. The summed E-state index contributed by atoms with van der Waals surface area (Å²) in [7, 11) is 5.46. The number of aliphatic hydroxyl groups excluding tert-OH is 1. The van der Waals surface area contributed by atoms with Gasteiger partial charge in [0, 0.05) is 79.9 Å². The summed E-state index contributed by atoms with van der Waals surface area (Å²) in [6, 6.07) is 10.9. The van der Waals surface area contributed by atoms with Crippen molar-refractivity contribution in [3.63, 3.8) is 0 Å². The van der Waals surface area contributed by atoms with Gasteiger partial charge in [-0.1, -0.05) is 47.5 Å². The Bertz CT molecular complexity index is 1730. The number of aliphatic hydroxyl groups is 1. The molecule has 4 heterocycles. The zero-order valence-corrected chi connectivity index (χ0v) is 26.8. The quantitative estimate of drug-likeness (QED) is 0.255. The second kappa shape index (κ2) is 13.4. The zero-order valence-electron chi connectivity index (χ0n) is 25.3. The number of fused-ring (bicyclic) bond motifs is 1. The van der Waals surface area contributed by atoms with Crippen molar-refractivity contribution in [3.05, 3.63) is 75.4 Å². The van der Waals surface area contributed by atoms with Crippen molar-refractivity contribution in [1.29, 1.82) is 0 Å². The highest BCUT2D eigenvalue weighted by molar-refractivity contribution is 6.39. The number of benzene rings is 2. The number of amides is 1. The molecule has 1 saturated heterocycles. The third kappa shape index (κ3) is 6.42. The predicted octanol–water partition coefficient (Wildman–Crippen LogP) is 4.34. The summed E-state index contributed by atoms with van der Waals surface area (Å²) in [5, 5.41) is 17.2. The van der Waals surface area contributed by atoms with Crippen LogP contribution in [0.2, 0.25) is 10.0 Å². The molecule has 0 radical (unpaired) electrons. The molecule has 0 saturated carbocycles. The Balaban J connectivity index is 1.24. The first-order valence-electron chi connectivity index (χ1n) is 14.8. The number of methoxy groups -OCH3 is 1. The van der Waals surface area contributed by atoms with Crippen molar-refractivity contribution in [2.45, 2.75) is 38.1 Å². The second-order valence-corrected chi connectivity index (χ2v) is 12.1. The first kappa shape index (κ1) is 31.4. The lowest BCUT2D eigenvalue weighted by Crippen LogP contribution is -2.46. The number of likely N-dealkylation sites (N-methyl/N-ethyl adjacent to an activating group) is 1. The largest absolute Gasteiger partial charge is 0.481 e. The first-order valence-corrected chi connectivity index (χ1v) is 15.5. The maximum atomic E-state index is 13.3. The molecular formula is C32H35Cl2N7O4. The normalized spacial score (nSPS) is 18.4. The Kier molecular flexibility index (Phi) is 9.36. The molecule has 236 valence electrons. The van der Waals surface area contributed by atoms with Gasteiger partial charge in [-0.15, -0.1) is 0 Å². The number of halogens is 2. The molecule has 0 spiro atoms. The van der Waals surface area contributed by atoms with Crippen molar-refractivity contribution >= 4 is 34.8 Å². The lowest BCUT2D eigenvalue weighted by Gasteiger charge is -2.28. The van der Waals surface area contributed by atoms with Gasteiger partial charge < -0.3 is 34.7 Å². The Labute approximate surface area is 271 Å². The van der Waals surface area contributed by atoms with Crippen LogP contribution in [0.5, 0.6) is 5.88 Å². The minimum atomic E-state index is -0.576. The molecule has 2 atom stereocenters. The van der Waals surface area contributed by atoms with Gasteiger partial charge in [0.1, 0.15) is 0 Å². The van der Waals surface area contributed by atoms with Crippen molar-refractivity contribution in [1.82, 2.24) is 29.7 Å². The second-order valence-electron chi connectivity index (χ2n) is 11.3. The van der Waals surface area contributed by atoms with Crippen molar-refractivity contribution < 1.29 is 19.4 Å². The van der Waals surface area contributed by atoms with Gasteiger partial charge in [0.2, 0.25) is 5.88 Å². The van der Waals surface area contributed by atoms with Gasteiger partial charge >= 0.3 is 0 Å². The molecule has 11 nitrogen and oxygen atoms in total. The number of ether oxygens (including phenoxy) is 2. The maximum absolute atomic E-state index is 13.3. The lowest BCUT2D eigenvalue weighted by molar-refractivity contribution is -0.0281. The molecule has 3 N–H and O–H groups in total. The molecule has 0 unspecified atom stereocenters. The molecule has 6 rings (SSSR count). The van der Waals surface area contributed by atoms with Crippen LogP contribution in [0.15, 0.2) is 42.6 Å². The molecular weight excluding hydrogens is 617 g/mol. The van der Waals surface area contributed by atoms with Gasteiger partial charge in [0.25, 0.3) is 5.91 Å². The number of anilines is 1. The molecule has 2 aromatic carbocycles. The van der Waals surface area contributed by atoms with E-state index in [1.807, 2.05) is 49.0 Å². The number of nitrogens with zero attached hydrogens (tertiary/aromatic N) is 5. The summed E-state index contributed by atoms with van der Waals surface area (Å²) >= 11 is 13.9. The van der Waals surface area contributed by atoms with Gasteiger partial charge in [0.15, 0.2) is 11.6 Å². The number of carbonyl (C=O) groups is 1. The zero-order chi connectivity index (χ0) is 31.7. The summed E-state index contributed by atoms with van der Waals surface area (Å²) in [4.78, 5) is 29.4. The number of hydrogen-bond acceptors (Lipinski definition) is 9. The minimum Gasteiger partial charge on any atom is -0.481 e. The Morgan fingerprint density at radius 1 is 1.11 bits per heavy atom. The number of nitrogens with one attached hydrogen (secondary N) is 2. The number of imidazole rings is 1. The average Bonchev–Trinajstić information content (AvgIpc) is 3.37. The van der Waals surface area contributed by atoms with E-state index < -0.39 is 6.10 Å². The van der Waals surface area contributed by atoms with Gasteiger partial charge in [0.05, 0.1) is 41.2 Å². The summed E-state index contributed by atoms with van der Waals surface area (Å²) in [5.41, 5.74) is 5.09. The Morgan fingerprint density at radius 3 is 2.64 bits per heavy atom. The van der Waals surface area contributed by atoms with E-state index in [0.29, 0.717) is 82.7 Å². The minimum absolute atomic E-state index is 0.0874. The van der Waals surface area contributed by atoms with Crippen LogP contribution >= 0.6 is 23.2 Å². The van der Waals surface area contributed by atoms with E-state index in [1.54, 1.807) is 19.4 Å². The Morgan fingerprint density at radius 2 is 1.87 bits per heavy atom. The standard InChI is InChI=1S/C32H35Cl2N7O4/c1-40-12-10-25-24(16-40)37-30(41(25)2)31(43)38-23-9-5-7-20(28(23)34)19-6-4-8-21(27(19)33)29-36-15-18(32(39-29)44-3)14-35-22-11-13-45-17-26(22)42/h4-9,15,22,26,35,42H,10-14,16-17H2,1-3H3,(H,38,43)/t22-,26-/m0/s1. The molecule has 2 aromatic heterocycles. The van der Waals surface area contributed by atoms with Crippen LogP contribution in [-0.2, 0) is 31.3 Å². The number of aromatic nitrogens is 4. The van der Waals surface area contributed by atoms with E-state index in [0.717, 1.165) is 29.9 Å². The molecule has 1 amide bonds. The summed E-state index contributed by atoms with van der Waals surface area (Å²) in [5.74, 6) is 0.791. The topological polar surface area (TPSA) is 127 Å². The smallest absolute Gasteiger partial charge is 0.291 e. The van der Waals surface area contributed by atoms with Gasteiger partial charge in [-0.2, -0.15) is 4.98 Å². The Hall–Kier alpha value is -3.58. The van der Waals surface area contributed by atoms with Crippen LogP contribution < -0.4 is 15.4 Å². The molecule has 2 aliphatic rings. The van der Waals surface area contributed by atoms with Crippen LogP contribution in [0, 0.1) is 0 Å².